The van der Waals surface area contributed by atoms with Crippen molar-refractivity contribution >= 4 is 74.0 Å². The van der Waals surface area contributed by atoms with Gasteiger partial charge in [-0.3, -0.25) is 24.1 Å². The smallest absolute Gasteiger partial charge is 0.355 e. The molecule has 5 aromatic rings. The molecule has 20 nitrogen and oxygen atoms in total. The average Bonchev–Trinajstić information content (AvgIpc) is 3.60. The van der Waals surface area contributed by atoms with Gasteiger partial charge in [-0.15, -0.1) is 10.2 Å². The fraction of sp³-hybridized carbons (Fsp3) is 0.231. The summed E-state index contributed by atoms with van der Waals surface area (Å²) >= 11 is 11.8. The van der Waals surface area contributed by atoms with Gasteiger partial charge in [-0.25, -0.2) is 36.1 Å². The molecule has 0 amide bonds. The van der Waals surface area contributed by atoms with Crippen LogP contribution in [0.25, 0.3) is 11.5 Å². The average molecular weight is 882 g/mol. The predicted molar refractivity (Wildman–Crippen MR) is 188 cm³/mol. The Hall–Kier alpha value is -4.69. The Morgan fingerprint density at radius 3 is 2.13 bits per heavy atom. The molecule has 0 bridgehead atoms. The summed E-state index contributed by atoms with van der Waals surface area (Å²) in [5.41, 5.74) is -1.44. The molecular weight excluding hydrogens is 854 g/mol. The fourth-order valence-electron chi connectivity index (χ4n) is 3.88. The molecule has 0 radical (unpaired) electrons. The number of halogens is 6. The Bertz CT molecular complexity index is 2530. The minimum atomic E-state index is -4.35. The van der Waals surface area contributed by atoms with E-state index in [1.54, 1.807) is 17.7 Å². The van der Waals surface area contributed by atoms with Crippen LogP contribution in [0.2, 0.25) is 10.0 Å². The van der Waals surface area contributed by atoms with Crippen molar-refractivity contribution in [2.75, 3.05) is 28.5 Å². The molecule has 0 aliphatic carbocycles. The summed E-state index contributed by atoms with van der Waals surface area (Å²) in [6, 6.07) is 6.91. The molecule has 0 spiro atoms. The van der Waals surface area contributed by atoms with Crippen molar-refractivity contribution in [2.45, 2.75) is 25.6 Å². The Kier molecular flexibility index (Phi) is 14.5. The molecule has 0 fully saturated rings. The number of rotatable bonds is 11. The quantitative estimate of drug-likeness (QED) is 0.0822. The van der Waals surface area contributed by atoms with Gasteiger partial charge in [0.2, 0.25) is 10.0 Å². The summed E-state index contributed by atoms with van der Waals surface area (Å²) in [4.78, 5) is 45.9. The number of anilines is 2. The van der Waals surface area contributed by atoms with Crippen LogP contribution in [0.3, 0.4) is 0 Å². The molecule has 300 valence electrons. The summed E-state index contributed by atoms with van der Waals surface area (Å²) in [6.45, 7) is -0.583. The maximum absolute atomic E-state index is 13.5. The first kappa shape index (κ1) is 44.7. The highest BCUT2D eigenvalue weighted by molar-refractivity contribution is 7.92. The van der Waals surface area contributed by atoms with Crippen LogP contribution < -0.4 is 20.5 Å². The number of nitrogens with one attached hydrogen (secondary N) is 3. The number of aliphatic carboxylic acids is 1. The minimum absolute atomic E-state index is 0.0257. The summed E-state index contributed by atoms with van der Waals surface area (Å²) in [5.74, 6) is -3.39. The molecule has 2 aromatic carbocycles. The molecular formula is C26H27Cl2F4N10O10PS2. The van der Waals surface area contributed by atoms with Gasteiger partial charge in [0.15, 0.2) is 0 Å². The first-order valence-electron chi connectivity index (χ1n) is 14.4. The molecule has 6 N–H and O–H groups in total. The standard InChI is InChI=1S/C12H9F2N5O2S.C11H10Cl2F2N4O3S.C3H8NO5P/c1-7-5-6-19-11(15-7)16-12(17-19)22(20,21)18-10-8(13)3-2-4-9(10)14;1-5-16-19(11(20)18(5)10(14)15)9-4-8(17-23(2,21)22)6(12)3-7(9)13;5-3(6)1-4-2-10(7,8)9/h2-6,18H,1H3;3-4,10,17H,1-2H3;4H,1-2H2,(H,5,6)(H2,7,8,9). The lowest BCUT2D eigenvalue weighted by Gasteiger charge is -2.10. The zero-order valence-electron chi connectivity index (χ0n) is 27.9. The van der Waals surface area contributed by atoms with E-state index >= 15 is 0 Å². The van der Waals surface area contributed by atoms with E-state index in [1.807, 2.05) is 0 Å². The lowest BCUT2D eigenvalue weighted by Crippen LogP contribution is -2.25. The highest BCUT2D eigenvalue weighted by Crippen LogP contribution is 2.32. The predicted octanol–water partition coefficient (Wildman–Crippen LogP) is 2.72. The lowest BCUT2D eigenvalue weighted by molar-refractivity contribution is -0.135. The van der Waals surface area contributed by atoms with E-state index < -0.39 is 81.2 Å². The van der Waals surface area contributed by atoms with Gasteiger partial charge >= 0.3 is 25.8 Å². The largest absolute Gasteiger partial charge is 0.480 e. The number of carbonyl (C=O) groups is 1. The normalized spacial score (nSPS) is 11.8. The lowest BCUT2D eigenvalue weighted by atomic mass is 10.3. The number of aryl methyl sites for hydroxylation is 2. The van der Waals surface area contributed by atoms with E-state index in [1.165, 1.54) is 19.2 Å². The third-order valence-electron chi connectivity index (χ3n) is 6.10. The van der Waals surface area contributed by atoms with Crippen LogP contribution in [0.5, 0.6) is 0 Å². The van der Waals surface area contributed by atoms with Crippen molar-refractivity contribution in [3.63, 3.8) is 0 Å². The van der Waals surface area contributed by atoms with E-state index in [0.717, 1.165) is 35.0 Å². The van der Waals surface area contributed by atoms with Gasteiger partial charge in [-0.1, -0.05) is 29.3 Å². The van der Waals surface area contributed by atoms with Crippen LogP contribution in [-0.4, -0.2) is 90.7 Å². The molecule has 55 heavy (non-hydrogen) atoms. The number of sulfonamides is 2. The summed E-state index contributed by atoms with van der Waals surface area (Å²) in [7, 11) is -12.1. The monoisotopic (exact) mass is 880 g/mol. The third-order valence-corrected chi connectivity index (χ3v) is 9.06. The van der Waals surface area contributed by atoms with Crippen molar-refractivity contribution in [1.82, 2.24) is 39.2 Å². The number of carboxylic acids is 1. The van der Waals surface area contributed by atoms with E-state index in [0.29, 0.717) is 10.4 Å². The third kappa shape index (κ3) is 12.7. The molecule has 0 atom stereocenters. The van der Waals surface area contributed by atoms with Gasteiger partial charge in [0.05, 0.1) is 40.5 Å². The Morgan fingerprint density at radius 1 is 0.982 bits per heavy atom. The number of carboxylic acid groups (broad SMARTS) is 1. The van der Waals surface area contributed by atoms with Crippen LogP contribution in [-0.2, 0) is 29.4 Å². The highest BCUT2D eigenvalue weighted by Gasteiger charge is 2.25. The molecule has 5 rings (SSSR count). The van der Waals surface area contributed by atoms with Gasteiger partial charge < -0.3 is 14.9 Å². The number of hydrogen-bond acceptors (Lipinski definition) is 12. The Balaban J connectivity index is 0.000000239. The number of hydrogen-bond donors (Lipinski definition) is 6. The van der Waals surface area contributed by atoms with Crippen LogP contribution in [0.4, 0.5) is 28.9 Å². The number of aromatic nitrogens is 7. The zero-order chi connectivity index (χ0) is 41.6. The number of alkyl halides is 2. The topological polar surface area (TPSA) is 282 Å². The minimum Gasteiger partial charge on any atom is -0.480 e. The second-order valence-corrected chi connectivity index (χ2v) is 16.4. The number of fused-ring (bicyclic) bond motifs is 1. The second kappa shape index (κ2) is 17.8. The first-order chi connectivity index (χ1) is 25.3. The maximum Gasteiger partial charge on any atom is 0.355 e. The van der Waals surface area contributed by atoms with Crippen LogP contribution in [0, 0.1) is 25.5 Å². The van der Waals surface area contributed by atoms with Gasteiger partial charge in [0.25, 0.3) is 21.0 Å². The van der Waals surface area contributed by atoms with E-state index in [2.05, 4.69) is 30.2 Å². The molecule has 0 unspecified atom stereocenters. The van der Waals surface area contributed by atoms with Gasteiger partial charge in [0, 0.05) is 11.9 Å². The Labute approximate surface area is 317 Å². The maximum atomic E-state index is 13.5. The van der Waals surface area contributed by atoms with E-state index in [-0.39, 0.29) is 37.6 Å². The number of nitrogens with zero attached hydrogens (tertiary/aromatic N) is 7. The molecule has 3 heterocycles. The molecule has 0 saturated carbocycles. The molecule has 0 aliphatic rings. The first-order valence-corrected chi connectivity index (χ1v) is 20.3. The SMILES string of the molecule is Cc1ccn2nc(S(=O)(=O)Nc3c(F)cccc3F)nc2n1.Cc1nn(-c2cc(NS(C)(=O)=O)c(Cl)cc2Cl)c(=O)n1C(F)F.O=C(O)CNCP(=O)(O)O. The van der Waals surface area contributed by atoms with Gasteiger partial charge in [0.1, 0.15) is 23.1 Å². The number of benzene rings is 2. The fourth-order valence-corrected chi connectivity index (χ4v) is 6.37. The van der Waals surface area contributed by atoms with Crippen LogP contribution in [0.15, 0.2) is 52.5 Å². The summed E-state index contributed by atoms with van der Waals surface area (Å²) < 4.78 is 116. The molecule has 3 aromatic heterocycles. The highest BCUT2D eigenvalue weighted by atomic mass is 35.5. The summed E-state index contributed by atoms with van der Waals surface area (Å²) in [5, 5.41) is 16.8. The Morgan fingerprint density at radius 2 is 1.60 bits per heavy atom. The zero-order valence-corrected chi connectivity index (χ0v) is 31.9. The second-order valence-electron chi connectivity index (χ2n) is 10.6. The van der Waals surface area contributed by atoms with Crippen molar-refractivity contribution in [2.24, 2.45) is 0 Å². The van der Waals surface area contributed by atoms with E-state index in [4.69, 9.17) is 38.1 Å². The van der Waals surface area contributed by atoms with Gasteiger partial charge in [-0.05, 0) is 44.2 Å². The van der Waals surface area contributed by atoms with E-state index in [9.17, 15) is 48.6 Å². The van der Waals surface area contributed by atoms with Crippen LogP contribution in [0.1, 0.15) is 18.1 Å². The molecule has 0 saturated heterocycles. The van der Waals surface area contributed by atoms with Crippen molar-refractivity contribution in [3.8, 4) is 5.69 Å². The molecule has 0 aliphatic heterocycles. The number of para-hydroxylation sites is 1. The van der Waals surface area contributed by atoms with Crippen molar-refractivity contribution < 1.29 is 58.7 Å². The molecule has 29 heteroatoms. The van der Waals surface area contributed by atoms with Crippen molar-refractivity contribution in [1.29, 1.82) is 0 Å². The van der Waals surface area contributed by atoms with Crippen LogP contribution >= 0.6 is 30.8 Å². The summed E-state index contributed by atoms with van der Waals surface area (Å²) in [6.07, 6.45) is 1.78. The van der Waals surface area contributed by atoms with Crippen molar-refractivity contribution in [3.05, 3.63) is 86.3 Å². The van der Waals surface area contributed by atoms with Gasteiger partial charge in [-0.2, -0.15) is 26.9 Å².